The Morgan fingerprint density at radius 2 is 1.32 bits per heavy atom. The minimum Gasteiger partial charge on any atom is -0.398 e. The van der Waals surface area contributed by atoms with Crippen molar-refractivity contribution >= 4 is 11.6 Å². The van der Waals surface area contributed by atoms with Gasteiger partial charge in [0.25, 0.3) is 5.91 Å². The molecule has 0 bridgehead atoms. The average Bonchev–Trinajstić information content (AvgIpc) is 2.89. The maximum atomic E-state index is 12.9. The lowest BCUT2D eigenvalue weighted by molar-refractivity contribution is 0.0651. The normalized spacial score (nSPS) is 16.8. The minimum absolute atomic E-state index is 0.0673. The molecule has 4 rings (SSSR count). The van der Waals surface area contributed by atoms with Crippen molar-refractivity contribution in [3.05, 3.63) is 102 Å². The predicted molar refractivity (Wildman–Crippen MR) is 140 cm³/mol. The van der Waals surface area contributed by atoms with Crippen molar-refractivity contribution in [1.82, 2.24) is 15.1 Å². The van der Waals surface area contributed by atoms with Gasteiger partial charge in [0.1, 0.15) is 0 Å². The molecule has 0 saturated carbocycles. The van der Waals surface area contributed by atoms with E-state index in [0.29, 0.717) is 11.3 Å². The van der Waals surface area contributed by atoms with Gasteiger partial charge in [0.05, 0.1) is 11.6 Å². The van der Waals surface area contributed by atoms with Gasteiger partial charge in [0.15, 0.2) is 0 Å². The van der Waals surface area contributed by atoms with E-state index in [0.717, 1.165) is 32.6 Å². The maximum Gasteiger partial charge on any atom is 0.253 e. The number of benzene rings is 3. The van der Waals surface area contributed by atoms with Gasteiger partial charge < -0.3 is 11.1 Å². The number of carbonyl (C=O) groups excluding carboxylic acids is 1. The lowest BCUT2D eigenvalue weighted by Gasteiger charge is -2.43. The van der Waals surface area contributed by atoms with E-state index in [2.05, 4.69) is 89.6 Å². The van der Waals surface area contributed by atoms with Crippen molar-refractivity contribution in [2.24, 2.45) is 0 Å². The fourth-order valence-corrected chi connectivity index (χ4v) is 5.06. The first kappa shape index (κ1) is 24.0. The van der Waals surface area contributed by atoms with Crippen molar-refractivity contribution in [1.29, 1.82) is 0 Å². The number of hydrogen-bond acceptors (Lipinski definition) is 4. The third-order valence-corrected chi connectivity index (χ3v) is 7.06. The fraction of sp³-hybridized carbons (Fsp3) is 0.345. The van der Waals surface area contributed by atoms with Crippen LogP contribution in [0.5, 0.6) is 0 Å². The van der Waals surface area contributed by atoms with E-state index in [4.69, 9.17) is 5.73 Å². The third-order valence-electron chi connectivity index (χ3n) is 7.06. The van der Waals surface area contributed by atoms with E-state index in [-0.39, 0.29) is 24.0 Å². The molecule has 1 aliphatic heterocycles. The zero-order valence-electron chi connectivity index (χ0n) is 20.2. The number of nitrogens with one attached hydrogen (secondary N) is 1. The highest BCUT2D eigenvalue weighted by atomic mass is 16.1. The quantitative estimate of drug-likeness (QED) is 0.488. The van der Waals surface area contributed by atoms with Crippen molar-refractivity contribution < 1.29 is 4.79 Å². The molecule has 1 fully saturated rings. The number of hydrogen-bond donors (Lipinski definition) is 2. The number of anilines is 1. The van der Waals surface area contributed by atoms with E-state index in [1.807, 2.05) is 12.1 Å². The number of para-hydroxylation sites is 1. The number of amides is 1. The smallest absolute Gasteiger partial charge is 0.253 e. The highest BCUT2D eigenvalue weighted by molar-refractivity contribution is 5.99. The van der Waals surface area contributed by atoms with E-state index in [1.165, 1.54) is 11.1 Å². The largest absolute Gasteiger partial charge is 0.398 e. The van der Waals surface area contributed by atoms with Gasteiger partial charge in [0, 0.05) is 44.0 Å². The zero-order valence-corrected chi connectivity index (χ0v) is 20.2. The highest BCUT2D eigenvalue weighted by Gasteiger charge is 2.31. The topological polar surface area (TPSA) is 61.6 Å². The Bertz CT molecular complexity index is 1010. The molecule has 1 saturated heterocycles. The molecule has 5 nitrogen and oxygen atoms in total. The summed E-state index contributed by atoms with van der Waals surface area (Å²) in [6.07, 6.45) is 0.872. The minimum atomic E-state index is -0.0938. The Kier molecular flexibility index (Phi) is 7.99. The molecule has 178 valence electrons. The molecule has 0 spiro atoms. The number of carbonyl (C=O) groups is 1. The standard InChI is InChI=1S/C29H36N4O/c1-3-27(31-29(34)25-16-10-11-17-26(25)30)22(2)32-18-20-33(21-19-32)28(23-12-6-4-7-13-23)24-14-8-5-9-15-24/h4-17,22,27-28H,3,18-21,30H2,1-2H3,(H,31,34). The molecule has 34 heavy (non-hydrogen) atoms. The van der Waals surface area contributed by atoms with Crippen molar-refractivity contribution in [3.63, 3.8) is 0 Å². The Balaban J connectivity index is 1.42. The van der Waals surface area contributed by atoms with E-state index >= 15 is 0 Å². The van der Waals surface area contributed by atoms with Gasteiger partial charge in [-0.3, -0.25) is 14.6 Å². The maximum absolute atomic E-state index is 12.9. The summed E-state index contributed by atoms with van der Waals surface area (Å²) < 4.78 is 0. The number of nitrogens with zero attached hydrogens (tertiary/aromatic N) is 2. The Morgan fingerprint density at radius 1 is 0.824 bits per heavy atom. The zero-order chi connectivity index (χ0) is 23.9. The van der Waals surface area contributed by atoms with Gasteiger partial charge in [-0.2, -0.15) is 0 Å². The van der Waals surface area contributed by atoms with Crippen molar-refractivity contribution in [2.75, 3.05) is 31.9 Å². The van der Waals surface area contributed by atoms with Crippen LogP contribution in [0.2, 0.25) is 0 Å². The summed E-state index contributed by atoms with van der Waals surface area (Å²) in [7, 11) is 0. The van der Waals surface area contributed by atoms with Crippen LogP contribution in [0.25, 0.3) is 0 Å². The first-order valence-corrected chi connectivity index (χ1v) is 12.3. The summed E-state index contributed by atoms with van der Waals surface area (Å²) in [5, 5.41) is 3.23. The highest BCUT2D eigenvalue weighted by Crippen LogP contribution is 2.30. The molecule has 1 aliphatic rings. The monoisotopic (exact) mass is 456 g/mol. The summed E-state index contributed by atoms with van der Waals surface area (Å²) >= 11 is 0. The van der Waals surface area contributed by atoms with Crippen LogP contribution in [0.1, 0.15) is 47.8 Å². The average molecular weight is 457 g/mol. The molecular weight excluding hydrogens is 420 g/mol. The van der Waals surface area contributed by atoms with Gasteiger partial charge in [-0.15, -0.1) is 0 Å². The molecule has 2 unspecified atom stereocenters. The summed E-state index contributed by atoms with van der Waals surface area (Å²) in [6.45, 7) is 8.26. The SMILES string of the molecule is CCC(NC(=O)c1ccccc1N)C(C)N1CCN(C(c2ccccc2)c2ccccc2)CC1. The van der Waals surface area contributed by atoms with Gasteiger partial charge >= 0.3 is 0 Å². The number of nitrogens with two attached hydrogens (primary N) is 1. The van der Waals surface area contributed by atoms with Gasteiger partial charge in [-0.1, -0.05) is 79.7 Å². The summed E-state index contributed by atoms with van der Waals surface area (Å²) in [5.74, 6) is -0.0938. The number of rotatable bonds is 8. The first-order chi connectivity index (χ1) is 16.6. The van der Waals surface area contributed by atoms with Crippen LogP contribution in [-0.4, -0.2) is 54.0 Å². The molecule has 2 atom stereocenters. The summed E-state index contributed by atoms with van der Waals surface area (Å²) in [6, 6.07) is 29.4. The second-order valence-corrected chi connectivity index (χ2v) is 9.11. The molecule has 0 aromatic heterocycles. The van der Waals surface area contributed by atoms with Crippen LogP contribution in [0.4, 0.5) is 5.69 Å². The second kappa shape index (κ2) is 11.3. The molecule has 0 radical (unpaired) electrons. The molecule has 5 heteroatoms. The van der Waals surface area contributed by atoms with Crippen LogP contribution >= 0.6 is 0 Å². The van der Waals surface area contributed by atoms with Crippen LogP contribution < -0.4 is 11.1 Å². The van der Waals surface area contributed by atoms with Crippen molar-refractivity contribution in [2.45, 2.75) is 38.4 Å². The Morgan fingerprint density at radius 3 is 1.85 bits per heavy atom. The molecule has 1 heterocycles. The molecule has 3 N–H and O–H groups in total. The summed E-state index contributed by atoms with van der Waals surface area (Å²) in [4.78, 5) is 17.9. The van der Waals surface area contributed by atoms with Gasteiger partial charge in [-0.25, -0.2) is 0 Å². The Labute approximate surface area is 203 Å². The molecular formula is C29H36N4O. The van der Waals surface area contributed by atoms with Gasteiger partial charge in [0.2, 0.25) is 0 Å². The van der Waals surface area contributed by atoms with Crippen LogP contribution in [-0.2, 0) is 0 Å². The fourth-order valence-electron chi connectivity index (χ4n) is 5.06. The Hall–Kier alpha value is -3.15. The predicted octanol–water partition coefficient (Wildman–Crippen LogP) is 4.57. The van der Waals surface area contributed by atoms with E-state index in [1.54, 1.807) is 12.1 Å². The van der Waals surface area contributed by atoms with Gasteiger partial charge in [-0.05, 0) is 36.6 Å². The lowest BCUT2D eigenvalue weighted by Crippen LogP contribution is -2.56. The number of nitrogen functional groups attached to an aromatic ring is 1. The lowest BCUT2D eigenvalue weighted by atomic mass is 9.96. The van der Waals surface area contributed by atoms with E-state index in [9.17, 15) is 4.79 Å². The third kappa shape index (κ3) is 5.49. The van der Waals surface area contributed by atoms with Crippen molar-refractivity contribution in [3.8, 4) is 0 Å². The van der Waals surface area contributed by atoms with E-state index < -0.39 is 0 Å². The van der Waals surface area contributed by atoms with Crippen LogP contribution in [0.15, 0.2) is 84.9 Å². The molecule has 0 aliphatic carbocycles. The second-order valence-electron chi connectivity index (χ2n) is 9.11. The summed E-state index contributed by atoms with van der Waals surface area (Å²) in [5.41, 5.74) is 9.74. The van der Waals surface area contributed by atoms with Crippen LogP contribution in [0, 0.1) is 0 Å². The molecule has 1 amide bonds. The van der Waals surface area contributed by atoms with Crippen LogP contribution in [0.3, 0.4) is 0 Å². The first-order valence-electron chi connectivity index (χ1n) is 12.3. The number of piperazine rings is 1. The molecule has 3 aromatic carbocycles. The molecule has 3 aromatic rings.